The molecule has 0 unspecified atom stereocenters. The monoisotopic (exact) mass is 217 g/mol. The summed E-state index contributed by atoms with van der Waals surface area (Å²) < 4.78 is 12.6. The number of nitrogen functional groups attached to an aromatic ring is 1. The molecule has 0 saturated heterocycles. The van der Waals surface area contributed by atoms with E-state index in [-0.39, 0.29) is 17.0 Å². The third-order valence-corrected chi connectivity index (χ3v) is 2.06. The van der Waals surface area contributed by atoms with E-state index in [4.69, 9.17) is 5.73 Å². The number of aromatic nitrogens is 2. The van der Waals surface area contributed by atoms with Gasteiger partial charge in [-0.15, -0.1) is 0 Å². The molecule has 0 radical (unpaired) electrons. The number of ketones is 1. The number of nitrogens with zero attached hydrogens (tertiary/aromatic N) is 2. The van der Waals surface area contributed by atoms with Crippen LogP contribution in [0.4, 0.5) is 10.1 Å². The molecule has 0 aromatic carbocycles. The number of halogens is 1. The molecule has 0 atom stereocenters. The lowest BCUT2D eigenvalue weighted by atomic mass is 10.1. The van der Waals surface area contributed by atoms with E-state index in [0.29, 0.717) is 5.69 Å². The van der Waals surface area contributed by atoms with Crippen molar-refractivity contribution in [2.45, 2.75) is 0 Å². The Morgan fingerprint density at radius 3 is 2.69 bits per heavy atom. The quantitative estimate of drug-likeness (QED) is 0.772. The predicted octanol–water partition coefficient (Wildman–Crippen LogP) is 1.43. The number of rotatable bonds is 2. The molecular weight excluding hydrogens is 209 g/mol. The minimum absolute atomic E-state index is 0.140. The summed E-state index contributed by atoms with van der Waals surface area (Å²) in [6, 6.07) is 4.01. The largest absolute Gasteiger partial charge is 0.398 e. The fourth-order valence-electron chi connectivity index (χ4n) is 1.24. The maximum absolute atomic E-state index is 12.6. The highest BCUT2D eigenvalue weighted by atomic mass is 19.1. The maximum Gasteiger partial charge on any atom is 0.214 e. The fraction of sp³-hybridized carbons (Fsp3) is 0. The Labute approximate surface area is 91.0 Å². The molecule has 0 amide bonds. The van der Waals surface area contributed by atoms with Crippen LogP contribution in [0.2, 0.25) is 0 Å². The van der Waals surface area contributed by atoms with Gasteiger partial charge in [0, 0.05) is 18.1 Å². The number of anilines is 1. The number of carbonyl (C=O) groups is 1. The zero-order valence-corrected chi connectivity index (χ0v) is 8.22. The van der Waals surface area contributed by atoms with Crippen LogP contribution in [-0.4, -0.2) is 15.8 Å². The SMILES string of the molecule is Nc1ccncc1C(=O)c1ccc(F)cn1. The van der Waals surface area contributed by atoms with E-state index in [0.717, 1.165) is 6.20 Å². The molecule has 0 fully saturated rings. The third kappa shape index (κ3) is 1.88. The lowest BCUT2D eigenvalue weighted by molar-refractivity contribution is 0.103. The van der Waals surface area contributed by atoms with Crippen molar-refractivity contribution >= 4 is 11.5 Å². The molecule has 2 aromatic heterocycles. The fourth-order valence-corrected chi connectivity index (χ4v) is 1.24. The molecule has 80 valence electrons. The zero-order valence-electron chi connectivity index (χ0n) is 8.22. The summed E-state index contributed by atoms with van der Waals surface area (Å²) in [4.78, 5) is 19.4. The summed E-state index contributed by atoms with van der Waals surface area (Å²) in [6.45, 7) is 0. The van der Waals surface area contributed by atoms with Crippen LogP contribution in [0.5, 0.6) is 0 Å². The van der Waals surface area contributed by atoms with E-state index in [2.05, 4.69) is 9.97 Å². The predicted molar refractivity (Wildman–Crippen MR) is 56.3 cm³/mol. The Kier molecular flexibility index (Phi) is 2.59. The molecule has 0 saturated carbocycles. The molecule has 0 spiro atoms. The van der Waals surface area contributed by atoms with E-state index in [1.54, 1.807) is 0 Å². The van der Waals surface area contributed by atoms with Gasteiger partial charge < -0.3 is 5.73 Å². The number of pyridine rings is 2. The van der Waals surface area contributed by atoms with Crippen molar-refractivity contribution in [1.82, 2.24) is 9.97 Å². The first kappa shape index (κ1) is 10.2. The molecule has 0 bridgehead atoms. The first-order valence-corrected chi connectivity index (χ1v) is 4.54. The second-order valence-electron chi connectivity index (χ2n) is 3.15. The topological polar surface area (TPSA) is 68.9 Å². The molecule has 4 nitrogen and oxygen atoms in total. The van der Waals surface area contributed by atoms with Crippen LogP contribution >= 0.6 is 0 Å². The van der Waals surface area contributed by atoms with Gasteiger partial charge >= 0.3 is 0 Å². The highest BCUT2D eigenvalue weighted by Crippen LogP contribution is 2.13. The summed E-state index contributed by atoms with van der Waals surface area (Å²) in [5.74, 6) is -0.860. The van der Waals surface area contributed by atoms with Crippen LogP contribution in [0.3, 0.4) is 0 Å². The van der Waals surface area contributed by atoms with Gasteiger partial charge in [-0.25, -0.2) is 9.37 Å². The van der Waals surface area contributed by atoms with Crippen LogP contribution in [0.25, 0.3) is 0 Å². The molecule has 2 N–H and O–H groups in total. The highest BCUT2D eigenvalue weighted by Gasteiger charge is 2.13. The van der Waals surface area contributed by atoms with Gasteiger partial charge in [-0.05, 0) is 18.2 Å². The lowest BCUT2D eigenvalue weighted by Crippen LogP contribution is -2.07. The van der Waals surface area contributed by atoms with Gasteiger partial charge in [-0.3, -0.25) is 9.78 Å². The molecule has 2 rings (SSSR count). The summed E-state index contributed by atoms with van der Waals surface area (Å²) >= 11 is 0. The second kappa shape index (κ2) is 4.06. The number of carbonyl (C=O) groups excluding carboxylic acids is 1. The van der Waals surface area contributed by atoms with Gasteiger partial charge in [0.25, 0.3) is 0 Å². The maximum atomic E-state index is 12.6. The van der Waals surface area contributed by atoms with Crippen LogP contribution in [-0.2, 0) is 0 Å². The second-order valence-corrected chi connectivity index (χ2v) is 3.15. The van der Waals surface area contributed by atoms with Crippen LogP contribution in [0, 0.1) is 5.82 Å². The zero-order chi connectivity index (χ0) is 11.5. The van der Waals surface area contributed by atoms with E-state index >= 15 is 0 Å². The van der Waals surface area contributed by atoms with E-state index in [1.165, 1.54) is 30.6 Å². The standard InChI is InChI=1S/C11H8FN3O/c12-7-1-2-10(15-5-7)11(16)8-6-14-4-3-9(8)13/h1-6H,(H2,13,14). The Balaban J connectivity index is 2.40. The molecular formula is C11H8FN3O. The first-order chi connectivity index (χ1) is 7.68. The van der Waals surface area contributed by atoms with Gasteiger partial charge in [0.2, 0.25) is 5.78 Å². The smallest absolute Gasteiger partial charge is 0.214 e. The Morgan fingerprint density at radius 2 is 2.06 bits per heavy atom. The minimum atomic E-state index is -0.490. The van der Waals surface area contributed by atoms with Gasteiger partial charge in [0.05, 0.1) is 11.8 Å². The van der Waals surface area contributed by atoms with Crippen molar-refractivity contribution in [3.63, 3.8) is 0 Å². The van der Waals surface area contributed by atoms with Gasteiger partial charge in [0.15, 0.2) is 0 Å². The highest BCUT2D eigenvalue weighted by molar-refractivity contribution is 6.10. The van der Waals surface area contributed by atoms with Crippen molar-refractivity contribution in [3.8, 4) is 0 Å². The number of nitrogens with two attached hydrogens (primary N) is 1. The summed E-state index contributed by atoms with van der Waals surface area (Å²) in [6.07, 6.45) is 3.84. The van der Waals surface area contributed by atoms with Crippen LogP contribution in [0.15, 0.2) is 36.8 Å². The van der Waals surface area contributed by atoms with Gasteiger partial charge in [0.1, 0.15) is 11.5 Å². The van der Waals surface area contributed by atoms with Crippen molar-refractivity contribution < 1.29 is 9.18 Å². The van der Waals surface area contributed by atoms with Crippen LogP contribution < -0.4 is 5.73 Å². The average Bonchev–Trinajstić information content (AvgIpc) is 2.30. The van der Waals surface area contributed by atoms with Crippen LogP contribution in [0.1, 0.15) is 16.1 Å². The summed E-state index contributed by atoms with van der Waals surface area (Å²) in [7, 11) is 0. The van der Waals surface area contributed by atoms with Crippen molar-refractivity contribution in [2.24, 2.45) is 0 Å². The summed E-state index contributed by atoms with van der Waals surface area (Å²) in [5, 5.41) is 0. The van der Waals surface area contributed by atoms with Gasteiger partial charge in [-0.2, -0.15) is 0 Å². The normalized spacial score (nSPS) is 10.1. The molecule has 2 aromatic rings. The summed E-state index contributed by atoms with van der Waals surface area (Å²) in [5.41, 5.74) is 6.36. The molecule has 0 aliphatic rings. The first-order valence-electron chi connectivity index (χ1n) is 4.54. The Bertz CT molecular complexity index is 525. The minimum Gasteiger partial charge on any atom is -0.398 e. The number of hydrogen-bond acceptors (Lipinski definition) is 4. The molecule has 0 aliphatic carbocycles. The molecule has 2 heterocycles. The Hall–Kier alpha value is -2.30. The number of hydrogen-bond donors (Lipinski definition) is 1. The van der Waals surface area contributed by atoms with Crippen molar-refractivity contribution in [3.05, 3.63) is 53.9 Å². The molecule has 16 heavy (non-hydrogen) atoms. The van der Waals surface area contributed by atoms with E-state index in [9.17, 15) is 9.18 Å². The molecule has 5 heteroatoms. The van der Waals surface area contributed by atoms with E-state index < -0.39 is 5.82 Å². The third-order valence-electron chi connectivity index (χ3n) is 2.06. The molecule has 0 aliphatic heterocycles. The van der Waals surface area contributed by atoms with Crippen molar-refractivity contribution in [2.75, 3.05) is 5.73 Å². The lowest BCUT2D eigenvalue weighted by Gasteiger charge is -2.02. The van der Waals surface area contributed by atoms with Gasteiger partial charge in [-0.1, -0.05) is 0 Å². The van der Waals surface area contributed by atoms with E-state index in [1.807, 2.05) is 0 Å². The average molecular weight is 217 g/mol. The Morgan fingerprint density at radius 1 is 1.25 bits per heavy atom. The van der Waals surface area contributed by atoms with Crippen molar-refractivity contribution in [1.29, 1.82) is 0 Å².